The Morgan fingerprint density at radius 1 is 0.968 bits per heavy atom. The highest BCUT2D eigenvalue weighted by atomic mass is 32.2. The predicted molar refractivity (Wildman–Crippen MR) is 118 cm³/mol. The third-order valence-electron chi connectivity index (χ3n) is 5.49. The Hall–Kier alpha value is -3.19. The van der Waals surface area contributed by atoms with Crippen molar-refractivity contribution in [3.05, 3.63) is 95.3 Å². The highest BCUT2D eigenvalue weighted by Crippen LogP contribution is 2.27. The summed E-state index contributed by atoms with van der Waals surface area (Å²) in [6.45, 7) is 2.28. The first kappa shape index (κ1) is 21.1. The molecule has 31 heavy (non-hydrogen) atoms. The van der Waals surface area contributed by atoms with Crippen molar-refractivity contribution in [3.63, 3.8) is 0 Å². The van der Waals surface area contributed by atoms with Gasteiger partial charge in [-0.2, -0.15) is 0 Å². The molecular weight excluding hydrogens is 415 g/mol. The summed E-state index contributed by atoms with van der Waals surface area (Å²) in [7, 11) is -4.14. The number of benzene rings is 3. The Balaban J connectivity index is 1.66. The van der Waals surface area contributed by atoms with Gasteiger partial charge in [0.1, 0.15) is 12.4 Å². The third-order valence-corrected chi connectivity index (χ3v) is 7.27. The van der Waals surface area contributed by atoms with E-state index in [-0.39, 0.29) is 16.5 Å². The van der Waals surface area contributed by atoms with Gasteiger partial charge in [-0.3, -0.25) is 9.10 Å². The third kappa shape index (κ3) is 4.32. The first-order valence-electron chi connectivity index (χ1n) is 10.0. The molecule has 0 atom stereocenters. The van der Waals surface area contributed by atoms with Crippen molar-refractivity contribution >= 4 is 21.6 Å². The first-order valence-corrected chi connectivity index (χ1v) is 11.5. The Kier molecular flexibility index (Phi) is 5.78. The van der Waals surface area contributed by atoms with E-state index in [1.54, 1.807) is 23.1 Å². The lowest BCUT2D eigenvalue weighted by molar-refractivity contribution is -0.130. The van der Waals surface area contributed by atoms with Crippen LogP contribution in [0.25, 0.3) is 0 Å². The summed E-state index contributed by atoms with van der Waals surface area (Å²) in [6.07, 6.45) is 0.701. The van der Waals surface area contributed by atoms with E-state index >= 15 is 0 Å². The number of hydrogen-bond donors (Lipinski definition) is 0. The van der Waals surface area contributed by atoms with Gasteiger partial charge in [0.05, 0.1) is 10.6 Å². The molecule has 0 bridgehead atoms. The van der Waals surface area contributed by atoms with Gasteiger partial charge in [0.2, 0.25) is 5.91 Å². The van der Waals surface area contributed by atoms with Crippen LogP contribution in [-0.4, -0.2) is 32.3 Å². The van der Waals surface area contributed by atoms with Gasteiger partial charge in [-0.1, -0.05) is 54.1 Å². The summed E-state index contributed by atoms with van der Waals surface area (Å²) < 4.78 is 42.3. The van der Waals surface area contributed by atoms with Crippen molar-refractivity contribution < 1.29 is 17.6 Å². The van der Waals surface area contributed by atoms with Crippen LogP contribution < -0.4 is 4.31 Å². The topological polar surface area (TPSA) is 57.7 Å². The zero-order valence-corrected chi connectivity index (χ0v) is 18.0. The van der Waals surface area contributed by atoms with Crippen molar-refractivity contribution in [3.8, 4) is 0 Å². The van der Waals surface area contributed by atoms with E-state index in [0.29, 0.717) is 19.5 Å². The maximum Gasteiger partial charge on any atom is 0.264 e. The van der Waals surface area contributed by atoms with Gasteiger partial charge in [-0.05, 0) is 48.7 Å². The maximum absolute atomic E-state index is 14.6. The predicted octanol–water partition coefficient (Wildman–Crippen LogP) is 3.91. The summed E-state index contributed by atoms with van der Waals surface area (Å²) in [4.78, 5) is 14.8. The molecule has 3 aromatic rings. The second-order valence-corrected chi connectivity index (χ2v) is 9.47. The molecule has 0 aliphatic carbocycles. The Morgan fingerprint density at radius 2 is 1.61 bits per heavy atom. The van der Waals surface area contributed by atoms with E-state index in [2.05, 4.69) is 0 Å². The van der Waals surface area contributed by atoms with Gasteiger partial charge in [-0.25, -0.2) is 12.8 Å². The number of amides is 1. The standard InChI is InChI=1S/C24H23FN2O3S/c1-18-10-12-21(13-11-18)31(29,30)27(23-9-5-4-8-22(23)25)17-24(28)26-15-14-19-6-2-3-7-20(19)16-26/h2-13H,14-17H2,1H3. The van der Waals surface area contributed by atoms with Crippen LogP contribution in [0.2, 0.25) is 0 Å². The fourth-order valence-electron chi connectivity index (χ4n) is 3.72. The SMILES string of the molecule is Cc1ccc(S(=O)(=O)N(CC(=O)N2CCc3ccccc3C2)c2ccccc2F)cc1. The second kappa shape index (κ2) is 8.51. The second-order valence-electron chi connectivity index (χ2n) is 7.61. The molecule has 0 saturated carbocycles. The number of carbonyl (C=O) groups is 1. The minimum Gasteiger partial charge on any atom is -0.336 e. The lowest BCUT2D eigenvalue weighted by Crippen LogP contribution is -2.45. The highest BCUT2D eigenvalue weighted by molar-refractivity contribution is 7.92. The van der Waals surface area contributed by atoms with Gasteiger partial charge in [-0.15, -0.1) is 0 Å². The van der Waals surface area contributed by atoms with E-state index in [0.717, 1.165) is 15.4 Å². The van der Waals surface area contributed by atoms with E-state index in [4.69, 9.17) is 0 Å². The normalized spacial score (nSPS) is 13.5. The van der Waals surface area contributed by atoms with Crippen molar-refractivity contribution in [1.29, 1.82) is 0 Å². The number of rotatable bonds is 5. The lowest BCUT2D eigenvalue weighted by atomic mass is 10.00. The maximum atomic E-state index is 14.6. The fraction of sp³-hybridized carbons (Fsp3) is 0.208. The quantitative estimate of drug-likeness (QED) is 0.607. The molecule has 1 aliphatic heterocycles. The molecule has 0 fully saturated rings. The van der Waals surface area contributed by atoms with Crippen LogP contribution in [0.1, 0.15) is 16.7 Å². The van der Waals surface area contributed by atoms with Gasteiger partial charge in [0.15, 0.2) is 0 Å². The van der Waals surface area contributed by atoms with E-state index < -0.39 is 22.4 Å². The molecule has 0 aromatic heterocycles. The smallest absolute Gasteiger partial charge is 0.264 e. The van der Waals surface area contributed by atoms with Crippen molar-refractivity contribution in [2.75, 3.05) is 17.4 Å². The molecule has 7 heteroatoms. The molecule has 160 valence electrons. The zero-order valence-electron chi connectivity index (χ0n) is 17.2. The Morgan fingerprint density at radius 3 is 2.32 bits per heavy atom. The number of fused-ring (bicyclic) bond motifs is 1. The van der Waals surface area contributed by atoms with E-state index in [1.165, 1.54) is 35.9 Å². The number of nitrogens with zero attached hydrogens (tertiary/aromatic N) is 2. The molecule has 5 nitrogen and oxygen atoms in total. The number of halogens is 1. The molecular formula is C24H23FN2O3S. The number of carbonyl (C=O) groups excluding carboxylic acids is 1. The van der Waals surface area contributed by atoms with Crippen LogP contribution in [0.3, 0.4) is 0 Å². The zero-order chi connectivity index (χ0) is 22.0. The number of hydrogen-bond acceptors (Lipinski definition) is 3. The molecule has 1 amide bonds. The molecule has 0 unspecified atom stereocenters. The van der Waals surface area contributed by atoms with Crippen molar-refractivity contribution in [1.82, 2.24) is 4.90 Å². The van der Waals surface area contributed by atoms with Gasteiger partial charge < -0.3 is 4.90 Å². The van der Waals surface area contributed by atoms with Gasteiger partial charge >= 0.3 is 0 Å². The molecule has 1 heterocycles. The number of sulfonamides is 1. The van der Waals surface area contributed by atoms with Crippen molar-refractivity contribution in [2.45, 2.75) is 24.8 Å². The Bertz CT molecular complexity index is 1210. The largest absolute Gasteiger partial charge is 0.336 e. The summed E-state index contributed by atoms with van der Waals surface area (Å²) in [5.41, 5.74) is 2.99. The molecule has 0 saturated heterocycles. The number of anilines is 1. The number of aryl methyl sites for hydroxylation is 1. The molecule has 4 rings (SSSR count). The molecule has 0 spiro atoms. The monoisotopic (exact) mass is 438 g/mol. The molecule has 3 aromatic carbocycles. The number of para-hydroxylation sites is 1. The van der Waals surface area contributed by atoms with Crippen LogP contribution in [0.15, 0.2) is 77.7 Å². The van der Waals surface area contributed by atoms with E-state index in [1.807, 2.05) is 31.2 Å². The molecule has 0 N–H and O–H groups in total. The summed E-state index contributed by atoms with van der Waals surface area (Å²) in [6, 6.07) is 19.8. The average Bonchev–Trinajstić information content (AvgIpc) is 2.78. The van der Waals surface area contributed by atoms with Crippen LogP contribution in [0.4, 0.5) is 10.1 Å². The summed E-state index contributed by atoms with van der Waals surface area (Å²) in [5, 5.41) is 0. The van der Waals surface area contributed by atoms with Gasteiger partial charge in [0.25, 0.3) is 10.0 Å². The first-order chi connectivity index (χ1) is 14.9. The average molecular weight is 439 g/mol. The van der Waals surface area contributed by atoms with Gasteiger partial charge in [0, 0.05) is 13.1 Å². The highest BCUT2D eigenvalue weighted by Gasteiger charge is 2.31. The molecule has 1 aliphatic rings. The molecule has 0 radical (unpaired) electrons. The van der Waals surface area contributed by atoms with Crippen LogP contribution >= 0.6 is 0 Å². The van der Waals surface area contributed by atoms with Crippen LogP contribution in [0, 0.1) is 12.7 Å². The van der Waals surface area contributed by atoms with Crippen LogP contribution in [0.5, 0.6) is 0 Å². The summed E-state index contributed by atoms with van der Waals surface area (Å²) in [5.74, 6) is -1.07. The Labute approximate surface area is 181 Å². The minimum atomic E-state index is -4.14. The fourth-order valence-corrected chi connectivity index (χ4v) is 5.14. The summed E-state index contributed by atoms with van der Waals surface area (Å²) >= 11 is 0. The van der Waals surface area contributed by atoms with Crippen molar-refractivity contribution in [2.24, 2.45) is 0 Å². The lowest BCUT2D eigenvalue weighted by Gasteiger charge is -2.32. The van der Waals surface area contributed by atoms with Crippen LogP contribution in [-0.2, 0) is 27.8 Å². The minimum absolute atomic E-state index is 0.0122. The van der Waals surface area contributed by atoms with E-state index in [9.17, 15) is 17.6 Å².